The first-order valence-corrected chi connectivity index (χ1v) is 11.0. The first-order valence-electron chi connectivity index (χ1n) is 8.06. The van der Waals surface area contributed by atoms with Crippen LogP contribution in [0.4, 0.5) is 0 Å². The first kappa shape index (κ1) is 18.9. The molecule has 0 aliphatic heterocycles. The molecule has 0 bridgehead atoms. The molecule has 3 heteroatoms. The van der Waals surface area contributed by atoms with Gasteiger partial charge in [-0.3, -0.25) is 4.79 Å². The maximum absolute atomic E-state index is 11.4. The molecular weight excluding hydrogens is 288 g/mol. The second-order valence-electron chi connectivity index (χ2n) is 7.79. The Morgan fingerprint density at radius 2 is 2.09 bits per heavy atom. The lowest BCUT2D eigenvalue weighted by Gasteiger charge is -2.35. The van der Waals surface area contributed by atoms with Gasteiger partial charge in [0, 0.05) is 18.3 Å². The van der Waals surface area contributed by atoms with Gasteiger partial charge in [0.15, 0.2) is 14.1 Å². The van der Waals surface area contributed by atoms with E-state index >= 15 is 0 Å². The van der Waals surface area contributed by atoms with Crippen molar-refractivity contribution in [3.63, 3.8) is 0 Å². The summed E-state index contributed by atoms with van der Waals surface area (Å²) in [5.74, 6) is 2.96. The summed E-state index contributed by atoms with van der Waals surface area (Å²) in [5.41, 5.74) is -0.0455. The van der Waals surface area contributed by atoms with Crippen molar-refractivity contribution in [1.82, 2.24) is 0 Å². The van der Waals surface area contributed by atoms with Gasteiger partial charge in [0.1, 0.15) is 0 Å². The van der Waals surface area contributed by atoms with E-state index in [2.05, 4.69) is 51.9 Å². The highest BCUT2D eigenvalue weighted by Gasteiger charge is 2.36. The molecule has 22 heavy (non-hydrogen) atoms. The number of terminal acetylenes is 1. The Balaban J connectivity index is 2.55. The molecule has 1 aliphatic rings. The van der Waals surface area contributed by atoms with Crippen LogP contribution in [0.2, 0.25) is 18.1 Å². The quantitative estimate of drug-likeness (QED) is 0.396. The molecule has 0 fully saturated rings. The Labute approximate surface area is 137 Å². The molecule has 0 N–H and O–H groups in total. The van der Waals surface area contributed by atoms with Gasteiger partial charge in [0.05, 0.1) is 6.61 Å². The zero-order valence-electron chi connectivity index (χ0n) is 14.7. The predicted molar refractivity (Wildman–Crippen MR) is 96.2 cm³/mol. The highest BCUT2D eigenvalue weighted by Crippen LogP contribution is 2.38. The number of hydrogen-bond donors (Lipinski definition) is 0. The summed E-state index contributed by atoms with van der Waals surface area (Å²) in [6.07, 6.45) is 16.5. The van der Waals surface area contributed by atoms with Crippen LogP contribution in [0.15, 0.2) is 24.3 Å². The molecule has 1 rings (SSSR count). The van der Waals surface area contributed by atoms with Crippen molar-refractivity contribution in [2.24, 2.45) is 5.41 Å². The lowest BCUT2D eigenvalue weighted by atomic mass is 9.74. The Kier molecular flexibility index (Phi) is 6.40. The van der Waals surface area contributed by atoms with Crippen LogP contribution in [0.25, 0.3) is 0 Å². The number of rotatable bonds is 6. The van der Waals surface area contributed by atoms with Crippen molar-refractivity contribution < 1.29 is 9.22 Å². The summed E-state index contributed by atoms with van der Waals surface area (Å²) < 4.78 is 6.13. The van der Waals surface area contributed by atoms with Crippen molar-refractivity contribution in [1.29, 1.82) is 0 Å². The van der Waals surface area contributed by atoms with E-state index in [0.717, 1.165) is 12.8 Å². The summed E-state index contributed by atoms with van der Waals surface area (Å²) in [5, 5.41) is 0.234. The van der Waals surface area contributed by atoms with Gasteiger partial charge in [-0.05, 0) is 37.0 Å². The summed E-state index contributed by atoms with van der Waals surface area (Å²) >= 11 is 0. The smallest absolute Gasteiger partial charge is 0.192 e. The number of ketones is 1. The van der Waals surface area contributed by atoms with Crippen molar-refractivity contribution in [2.45, 2.75) is 64.6 Å². The zero-order valence-corrected chi connectivity index (χ0v) is 15.7. The van der Waals surface area contributed by atoms with Gasteiger partial charge in [0.2, 0.25) is 0 Å². The van der Waals surface area contributed by atoms with Crippen LogP contribution >= 0.6 is 0 Å². The molecule has 122 valence electrons. The predicted octanol–water partition coefficient (Wildman–Crippen LogP) is 4.88. The molecule has 0 aromatic rings. The van der Waals surface area contributed by atoms with Crippen LogP contribution in [0, 0.1) is 17.8 Å². The summed E-state index contributed by atoms with van der Waals surface area (Å²) in [6.45, 7) is 11.9. The van der Waals surface area contributed by atoms with Crippen molar-refractivity contribution in [3.8, 4) is 12.3 Å². The molecule has 0 amide bonds. The van der Waals surface area contributed by atoms with E-state index in [1.165, 1.54) is 0 Å². The fourth-order valence-corrected chi connectivity index (χ4v) is 3.21. The van der Waals surface area contributed by atoms with Crippen LogP contribution in [-0.2, 0) is 9.22 Å². The molecule has 1 unspecified atom stereocenters. The van der Waals surface area contributed by atoms with Gasteiger partial charge in [-0.25, -0.2) is 0 Å². The standard InChI is InChI=1S/C19H30O2Si/c1-7-12-19(14-10-17(20)11-15-19)13-8-9-16-21-22(5,6)18(2,3)4/h1,8-10,14H,11-13,15-16H2,2-6H3/b9-8-. The molecule has 0 aromatic carbocycles. The average molecular weight is 319 g/mol. The third-order valence-corrected chi connectivity index (χ3v) is 9.48. The van der Waals surface area contributed by atoms with Crippen LogP contribution in [0.1, 0.15) is 46.5 Å². The number of hydrogen-bond acceptors (Lipinski definition) is 2. The largest absolute Gasteiger partial charge is 0.413 e. The fraction of sp³-hybridized carbons (Fsp3) is 0.632. The minimum Gasteiger partial charge on any atom is -0.413 e. The van der Waals surface area contributed by atoms with Crippen molar-refractivity contribution >= 4 is 14.1 Å². The summed E-state index contributed by atoms with van der Waals surface area (Å²) in [6, 6.07) is 0. The Morgan fingerprint density at radius 1 is 1.41 bits per heavy atom. The Hall–Kier alpha value is -1.11. The summed E-state index contributed by atoms with van der Waals surface area (Å²) in [7, 11) is -1.68. The van der Waals surface area contributed by atoms with Gasteiger partial charge >= 0.3 is 0 Å². The van der Waals surface area contributed by atoms with E-state index in [1.54, 1.807) is 6.08 Å². The van der Waals surface area contributed by atoms with E-state index in [1.807, 2.05) is 6.08 Å². The highest BCUT2D eigenvalue weighted by molar-refractivity contribution is 6.74. The van der Waals surface area contributed by atoms with E-state index in [9.17, 15) is 4.79 Å². The van der Waals surface area contributed by atoms with Crippen molar-refractivity contribution in [3.05, 3.63) is 24.3 Å². The minimum atomic E-state index is -1.68. The van der Waals surface area contributed by atoms with Crippen LogP contribution in [0.5, 0.6) is 0 Å². The van der Waals surface area contributed by atoms with E-state index < -0.39 is 8.32 Å². The van der Waals surface area contributed by atoms with Crippen LogP contribution in [0.3, 0.4) is 0 Å². The maximum Gasteiger partial charge on any atom is 0.192 e. The molecule has 2 nitrogen and oxygen atoms in total. The molecule has 0 saturated carbocycles. The molecule has 0 spiro atoms. The maximum atomic E-state index is 11.4. The van der Waals surface area contributed by atoms with Crippen LogP contribution in [-0.4, -0.2) is 20.7 Å². The average Bonchev–Trinajstić information content (AvgIpc) is 2.41. The van der Waals surface area contributed by atoms with Crippen molar-refractivity contribution in [2.75, 3.05) is 6.61 Å². The monoisotopic (exact) mass is 318 g/mol. The molecule has 0 aromatic heterocycles. The van der Waals surface area contributed by atoms with Crippen LogP contribution < -0.4 is 0 Å². The SMILES string of the molecule is C#CCC1(C/C=C\CO[Si](C)(C)C(C)(C)C)C=CC(=O)CC1. The van der Waals surface area contributed by atoms with E-state index in [0.29, 0.717) is 19.4 Å². The van der Waals surface area contributed by atoms with Gasteiger partial charge in [0.25, 0.3) is 0 Å². The number of carbonyl (C=O) groups excluding carboxylic acids is 1. The number of carbonyl (C=O) groups is 1. The van der Waals surface area contributed by atoms with E-state index in [-0.39, 0.29) is 16.2 Å². The van der Waals surface area contributed by atoms with Gasteiger partial charge < -0.3 is 4.43 Å². The van der Waals surface area contributed by atoms with Gasteiger partial charge in [-0.15, -0.1) is 12.3 Å². The second kappa shape index (κ2) is 7.44. The third kappa shape index (κ3) is 5.26. The third-order valence-electron chi connectivity index (χ3n) is 4.98. The van der Waals surface area contributed by atoms with Gasteiger partial charge in [-0.1, -0.05) is 39.0 Å². The molecular formula is C19H30O2Si. The zero-order chi connectivity index (χ0) is 16.9. The Bertz CT molecular complexity index is 489. The lowest BCUT2D eigenvalue weighted by molar-refractivity contribution is -0.115. The fourth-order valence-electron chi connectivity index (χ4n) is 2.26. The topological polar surface area (TPSA) is 26.3 Å². The minimum absolute atomic E-state index is 0.0455. The summed E-state index contributed by atoms with van der Waals surface area (Å²) in [4.78, 5) is 11.4. The van der Waals surface area contributed by atoms with E-state index in [4.69, 9.17) is 10.8 Å². The normalized spacial score (nSPS) is 23.0. The first-order chi connectivity index (χ1) is 10.1. The Morgan fingerprint density at radius 3 is 2.59 bits per heavy atom. The second-order valence-corrected chi connectivity index (χ2v) is 12.6. The van der Waals surface area contributed by atoms with Gasteiger partial charge in [-0.2, -0.15) is 0 Å². The molecule has 1 aliphatic carbocycles. The molecule has 0 heterocycles. The molecule has 0 saturated heterocycles. The number of allylic oxidation sites excluding steroid dienone is 3. The molecule has 0 radical (unpaired) electrons. The molecule has 1 atom stereocenters. The lowest BCUT2D eigenvalue weighted by Crippen LogP contribution is -2.40. The highest BCUT2D eigenvalue weighted by atomic mass is 28.4.